The largest absolute Gasteiger partial charge is 0.548 e. The predicted molar refractivity (Wildman–Crippen MR) is 70.6 cm³/mol. The number of carbonyl (C=O) groups is 1. The van der Waals surface area contributed by atoms with Gasteiger partial charge in [-0.3, -0.25) is 0 Å². The highest BCUT2D eigenvalue weighted by atomic mass is 16.5. The monoisotopic (exact) mass is 255 g/mol. The van der Waals surface area contributed by atoms with Crippen LogP contribution < -0.4 is 5.11 Å². The topological polar surface area (TPSA) is 49.4 Å². The summed E-state index contributed by atoms with van der Waals surface area (Å²) in [5.74, 6) is -1.17. The average Bonchev–Trinajstić information content (AvgIpc) is 2.45. The van der Waals surface area contributed by atoms with Crippen LogP contribution in [0, 0.1) is 0 Å². The van der Waals surface area contributed by atoms with Gasteiger partial charge in [0.2, 0.25) is 0 Å². The van der Waals surface area contributed by atoms with Gasteiger partial charge in [0.05, 0.1) is 19.2 Å². The van der Waals surface area contributed by atoms with Crippen LogP contribution in [0.4, 0.5) is 0 Å². The van der Waals surface area contributed by atoms with Gasteiger partial charge >= 0.3 is 0 Å². The van der Waals surface area contributed by atoms with Crippen molar-refractivity contribution in [1.82, 2.24) is 0 Å². The SMILES string of the molecule is O=C([O-])COCC(c1ccccc1)c1ccccc1. The van der Waals surface area contributed by atoms with Gasteiger partial charge in [0.15, 0.2) is 0 Å². The first kappa shape index (κ1) is 13.3. The smallest absolute Gasteiger partial charge is 0.0861 e. The quantitative estimate of drug-likeness (QED) is 0.787. The molecule has 0 amide bonds. The Bertz CT molecular complexity index is 469. The van der Waals surface area contributed by atoms with E-state index >= 15 is 0 Å². The molecular formula is C16H15O3-. The number of hydrogen-bond acceptors (Lipinski definition) is 3. The van der Waals surface area contributed by atoms with Crippen LogP contribution in [0.25, 0.3) is 0 Å². The lowest BCUT2D eigenvalue weighted by Crippen LogP contribution is -2.28. The van der Waals surface area contributed by atoms with Crippen LogP contribution in [-0.4, -0.2) is 19.2 Å². The van der Waals surface area contributed by atoms with Gasteiger partial charge in [-0.1, -0.05) is 60.7 Å². The molecule has 0 saturated heterocycles. The Balaban J connectivity index is 2.17. The Hall–Kier alpha value is -2.13. The molecule has 0 atom stereocenters. The molecule has 0 saturated carbocycles. The molecule has 2 rings (SSSR count). The zero-order valence-electron chi connectivity index (χ0n) is 10.5. The molecule has 0 spiro atoms. The van der Waals surface area contributed by atoms with E-state index in [1.807, 2.05) is 60.7 Å². The van der Waals surface area contributed by atoms with Gasteiger partial charge in [-0.15, -0.1) is 0 Å². The number of ether oxygens (including phenoxy) is 1. The lowest BCUT2D eigenvalue weighted by atomic mass is 9.92. The van der Waals surface area contributed by atoms with Gasteiger partial charge < -0.3 is 14.6 Å². The summed E-state index contributed by atoms with van der Waals surface area (Å²) in [6, 6.07) is 19.8. The van der Waals surface area contributed by atoms with Crippen LogP contribution in [0.3, 0.4) is 0 Å². The normalized spacial score (nSPS) is 10.6. The molecule has 19 heavy (non-hydrogen) atoms. The maximum absolute atomic E-state index is 10.4. The highest BCUT2D eigenvalue weighted by Crippen LogP contribution is 2.24. The number of carbonyl (C=O) groups excluding carboxylic acids is 1. The minimum Gasteiger partial charge on any atom is -0.548 e. The Morgan fingerprint density at radius 2 is 1.42 bits per heavy atom. The van der Waals surface area contributed by atoms with Crippen LogP contribution in [0.1, 0.15) is 17.0 Å². The number of carboxylic acids is 1. The molecule has 0 aromatic heterocycles. The molecule has 2 aromatic rings. The molecule has 0 aliphatic heterocycles. The third-order valence-electron chi connectivity index (χ3n) is 2.91. The zero-order valence-corrected chi connectivity index (χ0v) is 10.5. The summed E-state index contributed by atoms with van der Waals surface area (Å²) in [5, 5.41) is 10.4. The number of aliphatic carboxylic acids is 1. The van der Waals surface area contributed by atoms with Crippen molar-refractivity contribution < 1.29 is 14.6 Å². The fourth-order valence-electron chi connectivity index (χ4n) is 2.02. The summed E-state index contributed by atoms with van der Waals surface area (Å²) in [6.07, 6.45) is 0. The highest BCUT2D eigenvalue weighted by molar-refractivity contribution is 5.65. The molecule has 2 aromatic carbocycles. The molecule has 98 valence electrons. The van der Waals surface area contributed by atoms with Crippen LogP contribution in [0.15, 0.2) is 60.7 Å². The molecule has 0 unspecified atom stereocenters. The van der Waals surface area contributed by atoms with Crippen LogP contribution in [0.5, 0.6) is 0 Å². The molecule has 3 heteroatoms. The fraction of sp³-hybridized carbons (Fsp3) is 0.188. The number of carboxylic acid groups (broad SMARTS) is 1. The van der Waals surface area contributed by atoms with Crippen molar-refractivity contribution in [3.63, 3.8) is 0 Å². The minimum atomic E-state index is -1.19. The van der Waals surface area contributed by atoms with Crippen LogP contribution >= 0.6 is 0 Å². The summed E-state index contributed by atoms with van der Waals surface area (Å²) >= 11 is 0. The molecule has 3 nitrogen and oxygen atoms in total. The number of benzene rings is 2. The fourth-order valence-corrected chi connectivity index (χ4v) is 2.02. The minimum absolute atomic E-state index is 0.0294. The molecular weight excluding hydrogens is 240 g/mol. The second-order valence-electron chi connectivity index (χ2n) is 4.26. The van der Waals surface area contributed by atoms with Gasteiger partial charge in [-0.25, -0.2) is 0 Å². The maximum atomic E-state index is 10.4. The van der Waals surface area contributed by atoms with Gasteiger partial charge in [0.1, 0.15) is 0 Å². The Morgan fingerprint density at radius 1 is 0.947 bits per heavy atom. The average molecular weight is 255 g/mol. The molecule has 0 aliphatic rings. The second-order valence-corrected chi connectivity index (χ2v) is 4.26. The van der Waals surface area contributed by atoms with E-state index in [-0.39, 0.29) is 12.5 Å². The van der Waals surface area contributed by atoms with Crippen LogP contribution in [-0.2, 0) is 9.53 Å². The van der Waals surface area contributed by atoms with Gasteiger partial charge in [0, 0.05) is 5.92 Å². The van der Waals surface area contributed by atoms with E-state index in [4.69, 9.17) is 4.74 Å². The Kier molecular flexibility index (Phi) is 4.70. The Morgan fingerprint density at radius 3 is 1.84 bits per heavy atom. The third kappa shape index (κ3) is 3.93. The number of rotatable bonds is 6. The first-order valence-electron chi connectivity index (χ1n) is 6.15. The highest BCUT2D eigenvalue weighted by Gasteiger charge is 2.13. The third-order valence-corrected chi connectivity index (χ3v) is 2.91. The first-order valence-corrected chi connectivity index (χ1v) is 6.15. The van der Waals surface area contributed by atoms with Crippen molar-refractivity contribution in [2.75, 3.05) is 13.2 Å². The van der Waals surface area contributed by atoms with Crippen molar-refractivity contribution in [1.29, 1.82) is 0 Å². The van der Waals surface area contributed by atoms with Gasteiger partial charge in [-0.05, 0) is 11.1 Å². The number of hydrogen-bond donors (Lipinski definition) is 0. The molecule has 0 fully saturated rings. The molecule has 0 N–H and O–H groups in total. The Labute approximate surface area is 112 Å². The van der Waals surface area contributed by atoms with E-state index in [1.54, 1.807) is 0 Å². The van der Waals surface area contributed by atoms with Gasteiger partial charge in [0.25, 0.3) is 0 Å². The van der Waals surface area contributed by atoms with Crippen molar-refractivity contribution >= 4 is 5.97 Å². The first-order chi connectivity index (χ1) is 9.27. The van der Waals surface area contributed by atoms with E-state index in [0.29, 0.717) is 6.61 Å². The standard InChI is InChI=1S/C16H16O3/c17-16(18)12-19-11-15(13-7-3-1-4-8-13)14-9-5-2-6-10-14/h1-10,15H,11-12H2,(H,17,18)/p-1. The molecule has 0 heterocycles. The van der Waals surface area contributed by atoms with Crippen molar-refractivity contribution in [3.8, 4) is 0 Å². The second kappa shape index (κ2) is 6.71. The van der Waals surface area contributed by atoms with Crippen molar-refractivity contribution in [3.05, 3.63) is 71.8 Å². The lowest BCUT2D eigenvalue weighted by molar-refractivity contribution is -0.309. The van der Waals surface area contributed by atoms with Crippen molar-refractivity contribution in [2.24, 2.45) is 0 Å². The van der Waals surface area contributed by atoms with E-state index in [9.17, 15) is 9.90 Å². The van der Waals surface area contributed by atoms with E-state index < -0.39 is 5.97 Å². The molecule has 0 aliphatic carbocycles. The van der Waals surface area contributed by atoms with Crippen molar-refractivity contribution in [2.45, 2.75) is 5.92 Å². The van der Waals surface area contributed by atoms with E-state index in [1.165, 1.54) is 0 Å². The summed E-state index contributed by atoms with van der Waals surface area (Å²) in [7, 11) is 0. The molecule has 0 radical (unpaired) electrons. The molecule has 0 bridgehead atoms. The summed E-state index contributed by atoms with van der Waals surface area (Å²) < 4.78 is 5.20. The summed E-state index contributed by atoms with van der Waals surface area (Å²) in [4.78, 5) is 10.4. The van der Waals surface area contributed by atoms with Gasteiger partial charge in [-0.2, -0.15) is 0 Å². The van der Waals surface area contributed by atoms with Crippen LogP contribution in [0.2, 0.25) is 0 Å². The van der Waals surface area contributed by atoms with E-state index in [0.717, 1.165) is 11.1 Å². The lowest BCUT2D eigenvalue weighted by Gasteiger charge is -2.18. The maximum Gasteiger partial charge on any atom is 0.0861 e. The summed E-state index contributed by atoms with van der Waals surface area (Å²) in [6.45, 7) is -0.0574. The zero-order chi connectivity index (χ0) is 13.5. The summed E-state index contributed by atoms with van der Waals surface area (Å²) in [5.41, 5.74) is 2.21. The predicted octanol–water partition coefficient (Wildman–Crippen LogP) is 1.58. The van der Waals surface area contributed by atoms with E-state index in [2.05, 4.69) is 0 Å².